The van der Waals surface area contributed by atoms with Crippen molar-refractivity contribution in [1.29, 1.82) is 0 Å². The minimum Gasteiger partial charge on any atom is -0.381 e. The van der Waals surface area contributed by atoms with Crippen LogP contribution >= 0.6 is 0 Å². The molecule has 0 radical (unpaired) electrons. The van der Waals surface area contributed by atoms with Crippen LogP contribution in [0.4, 0.5) is 0 Å². The number of unbranched alkanes of at least 4 members (excludes halogenated alkanes) is 6. The molecule has 0 aromatic heterocycles. The third-order valence-corrected chi connectivity index (χ3v) is 3.97. The summed E-state index contributed by atoms with van der Waals surface area (Å²) in [6.07, 6.45) is 16.8. The minimum atomic E-state index is 0.883. The van der Waals surface area contributed by atoms with E-state index in [1.54, 1.807) is 0 Å². The summed E-state index contributed by atoms with van der Waals surface area (Å²) < 4.78 is 5.80. The highest BCUT2D eigenvalue weighted by Gasteiger charge is 2.12. The first-order valence-corrected chi connectivity index (χ1v) is 8.01. The fraction of sp³-hybridized carbons (Fsp3) is 1.00. The first kappa shape index (κ1) is 15.0. The Morgan fingerprint density at radius 1 is 0.824 bits per heavy atom. The molecule has 1 aliphatic rings. The summed E-state index contributed by atoms with van der Waals surface area (Å²) in [5, 5.41) is 0. The van der Waals surface area contributed by atoms with Gasteiger partial charge in [-0.3, -0.25) is 0 Å². The molecule has 0 atom stereocenters. The molecule has 0 heterocycles. The normalized spacial score (nSPS) is 17.5. The number of hydrogen-bond acceptors (Lipinski definition) is 1. The lowest BCUT2D eigenvalue weighted by atomic mass is 9.90. The molecule has 0 aromatic carbocycles. The first-order valence-electron chi connectivity index (χ1n) is 8.01. The van der Waals surface area contributed by atoms with Crippen molar-refractivity contribution >= 4 is 0 Å². The summed E-state index contributed by atoms with van der Waals surface area (Å²) in [6.45, 7) is 4.32. The molecule has 0 N–H and O–H groups in total. The molecular weight excluding hydrogens is 208 g/mol. The van der Waals surface area contributed by atoms with Crippen molar-refractivity contribution in [2.24, 2.45) is 5.92 Å². The zero-order chi connectivity index (χ0) is 12.2. The SMILES string of the molecule is CCCCCCCCCOCC1CCCCC1. The van der Waals surface area contributed by atoms with Gasteiger partial charge >= 0.3 is 0 Å². The van der Waals surface area contributed by atoms with Crippen LogP contribution < -0.4 is 0 Å². The molecule has 1 aliphatic carbocycles. The zero-order valence-corrected chi connectivity index (χ0v) is 11.9. The molecule has 1 heteroatoms. The van der Waals surface area contributed by atoms with Gasteiger partial charge in [-0.25, -0.2) is 0 Å². The van der Waals surface area contributed by atoms with Crippen LogP contribution in [-0.2, 0) is 4.74 Å². The smallest absolute Gasteiger partial charge is 0.0494 e. The van der Waals surface area contributed by atoms with Crippen molar-refractivity contribution in [3.05, 3.63) is 0 Å². The fourth-order valence-electron chi connectivity index (χ4n) is 2.77. The summed E-state index contributed by atoms with van der Waals surface area (Å²) in [7, 11) is 0. The quantitative estimate of drug-likeness (QED) is 0.469. The number of ether oxygens (including phenoxy) is 1. The van der Waals surface area contributed by atoms with Gasteiger partial charge < -0.3 is 4.74 Å². The van der Waals surface area contributed by atoms with Gasteiger partial charge in [-0.1, -0.05) is 64.7 Å². The topological polar surface area (TPSA) is 9.23 Å². The first-order chi connectivity index (χ1) is 8.43. The molecule has 0 spiro atoms. The van der Waals surface area contributed by atoms with Gasteiger partial charge in [-0.2, -0.15) is 0 Å². The predicted octanol–water partition coefficient (Wildman–Crippen LogP) is 5.33. The van der Waals surface area contributed by atoms with Gasteiger partial charge in [0.05, 0.1) is 0 Å². The molecule has 1 rings (SSSR count). The molecule has 17 heavy (non-hydrogen) atoms. The summed E-state index contributed by atoms with van der Waals surface area (Å²) in [4.78, 5) is 0. The predicted molar refractivity (Wildman–Crippen MR) is 75.4 cm³/mol. The Labute approximate surface area is 108 Å². The van der Waals surface area contributed by atoms with Gasteiger partial charge in [0, 0.05) is 13.2 Å². The van der Waals surface area contributed by atoms with E-state index in [-0.39, 0.29) is 0 Å². The van der Waals surface area contributed by atoms with Crippen molar-refractivity contribution in [3.63, 3.8) is 0 Å². The molecule has 0 saturated heterocycles. The Bertz CT molecular complexity index is 150. The van der Waals surface area contributed by atoms with Gasteiger partial charge in [-0.15, -0.1) is 0 Å². The second-order valence-corrected chi connectivity index (χ2v) is 5.70. The van der Waals surface area contributed by atoms with Crippen molar-refractivity contribution in [2.45, 2.75) is 84.0 Å². The summed E-state index contributed by atoms with van der Waals surface area (Å²) >= 11 is 0. The highest BCUT2D eigenvalue weighted by molar-refractivity contribution is 4.64. The Balaban J connectivity index is 1.75. The Kier molecular flexibility index (Phi) is 9.78. The summed E-state index contributed by atoms with van der Waals surface area (Å²) in [6, 6.07) is 0. The lowest BCUT2D eigenvalue weighted by Crippen LogP contribution is -2.13. The summed E-state index contributed by atoms with van der Waals surface area (Å²) in [5.41, 5.74) is 0. The molecule has 1 fully saturated rings. The van der Waals surface area contributed by atoms with Crippen molar-refractivity contribution in [3.8, 4) is 0 Å². The second-order valence-electron chi connectivity index (χ2n) is 5.70. The number of rotatable bonds is 10. The van der Waals surface area contributed by atoms with Crippen molar-refractivity contribution < 1.29 is 4.74 Å². The maximum Gasteiger partial charge on any atom is 0.0494 e. The third-order valence-electron chi connectivity index (χ3n) is 3.97. The maximum atomic E-state index is 5.80. The Morgan fingerprint density at radius 2 is 1.47 bits per heavy atom. The molecule has 1 saturated carbocycles. The molecule has 102 valence electrons. The van der Waals surface area contributed by atoms with Crippen molar-refractivity contribution in [2.75, 3.05) is 13.2 Å². The van der Waals surface area contributed by atoms with Crippen LogP contribution in [0.25, 0.3) is 0 Å². The minimum absolute atomic E-state index is 0.883. The standard InChI is InChI=1S/C16H32O/c1-2-3-4-5-6-7-11-14-17-15-16-12-9-8-10-13-16/h16H,2-15H2,1H3. The van der Waals surface area contributed by atoms with E-state index in [9.17, 15) is 0 Å². The monoisotopic (exact) mass is 240 g/mol. The highest BCUT2D eigenvalue weighted by atomic mass is 16.5. The average Bonchev–Trinajstić information content (AvgIpc) is 2.38. The molecule has 0 unspecified atom stereocenters. The largest absolute Gasteiger partial charge is 0.381 e. The second kappa shape index (κ2) is 11.1. The molecule has 1 nitrogen and oxygen atoms in total. The van der Waals surface area contributed by atoms with Crippen molar-refractivity contribution in [1.82, 2.24) is 0 Å². The van der Waals surface area contributed by atoms with Crippen LogP contribution in [0.5, 0.6) is 0 Å². The maximum absolute atomic E-state index is 5.80. The molecule has 0 aromatic rings. The fourth-order valence-corrected chi connectivity index (χ4v) is 2.77. The van der Waals surface area contributed by atoms with E-state index in [1.807, 2.05) is 0 Å². The highest BCUT2D eigenvalue weighted by Crippen LogP contribution is 2.23. The molecule has 0 bridgehead atoms. The molecule has 0 aliphatic heterocycles. The van der Waals surface area contributed by atoms with Crippen LogP contribution in [0.15, 0.2) is 0 Å². The molecule has 0 amide bonds. The lowest BCUT2D eigenvalue weighted by molar-refractivity contribution is 0.0824. The zero-order valence-electron chi connectivity index (χ0n) is 11.9. The van der Waals surface area contributed by atoms with E-state index in [0.717, 1.165) is 19.1 Å². The van der Waals surface area contributed by atoms with E-state index in [2.05, 4.69) is 6.92 Å². The van der Waals surface area contributed by atoms with E-state index >= 15 is 0 Å². The lowest BCUT2D eigenvalue weighted by Gasteiger charge is -2.21. The van der Waals surface area contributed by atoms with Gasteiger partial charge in [-0.05, 0) is 25.2 Å². The van der Waals surface area contributed by atoms with Crippen LogP contribution in [0.2, 0.25) is 0 Å². The third kappa shape index (κ3) is 8.65. The van der Waals surface area contributed by atoms with Gasteiger partial charge in [0.25, 0.3) is 0 Å². The molecular formula is C16H32O. The van der Waals surface area contributed by atoms with Crippen LogP contribution in [0, 0.1) is 5.92 Å². The summed E-state index contributed by atoms with van der Waals surface area (Å²) in [5.74, 6) is 0.883. The van der Waals surface area contributed by atoms with Gasteiger partial charge in [0.2, 0.25) is 0 Å². The van der Waals surface area contributed by atoms with Crippen LogP contribution in [0.1, 0.15) is 84.0 Å². The van der Waals surface area contributed by atoms with Crippen LogP contribution in [-0.4, -0.2) is 13.2 Å². The number of hydrogen-bond donors (Lipinski definition) is 0. The van der Waals surface area contributed by atoms with E-state index in [4.69, 9.17) is 4.74 Å². The van der Waals surface area contributed by atoms with Gasteiger partial charge in [0.1, 0.15) is 0 Å². The van der Waals surface area contributed by atoms with Gasteiger partial charge in [0.15, 0.2) is 0 Å². The van der Waals surface area contributed by atoms with E-state index in [1.165, 1.54) is 77.0 Å². The van der Waals surface area contributed by atoms with E-state index in [0.29, 0.717) is 0 Å². The average molecular weight is 240 g/mol. The van der Waals surface area contributed by atoms with E-state index < -0.39 is 0 Å². The Hall–Kier alpha value is -0.0400. The van der Waals surface area contributed by atoms with Crippen LogP contribution in [0.3, 0.4) is 0 Å². The Morgan fingerprint density at radius 3 is 2.18 bits per heavy atom.